The molecule has 0 aromatic heterocycles. The van der Waals surface area contributed by atoms with Crippen LogP contribution in [-0.4, -0.2) is 42.9 Å². The van der Waals surface area contributed by atoms with E-state index in [1.54, 1.807) is 12.1 Å². The van der Waals surface area contributed by atoms with Crippen LogP contribution in [0.25, 0.3) is 0 Å². The van der Waals surface area contributed by atoms with Crippen LogP contribution in [0.4, 0.5) is 5.69 Å². The Bertz CT molecular complexity index is 505. The van der Waals surface area contributed by atoms with Gasteiger partial charge in [0.25, 0.3) is 0 Å². The third kappa shape index (κ3) is 3.94. The average molecular weight is 282 g/mol. The number of nitrogens with zero attached hydrogens (tertiary/aromatic N) is 1. The largest absolute Gasteiger partial charge is 0.354 e. The second-order valence-electron chi connectivity index (χ2n) is 4.57. The van der Waals surface area contributed by atoms with Gasteiger partial charge in [0.2, 0.25) is 11.8 Å². The Morgan fingerprint density at radius 3 is 3.05 bits per heavy atom. The summed E-state index contributed by atoms with van der Waals surface area (Å²) >= 11 is 5.90. The molecule has 1 aromatic carbocycles. The van der Waals surface area contributed by atoms with Crippen LogP contribution in [0, 0.1) is 6.92 Å². The minimum Gasteiger partial charge on any atom is -0.354 e. The fourth-order valence-electron chi connectivity index (χ4n) is 1.95. The summed E-state index contributed by atoms with van der Waals surface area (Å²) in [5.74, 6) is -0.182. The first-order chi connectivity index (χ1) is 9.04. The molecule has 1 aliphatic rings. The Labute approximate surface area is 116 Å². The van der Waals surface area contributed by atoms with Crippen molar-refractivity contribution in [3.8, 4) is 0 Å². The number of piperazine rings is 1. The number of carbonyl (C=O) groups excluding carboxylic acids is 2. The molecule has 1 aliphatic heterocycles. The number of aryl methyl sites for hydroxylation is 1. The lowest BCUT2D eigenvalue weighted by molar-refractivity contribution is -0.125. The molecule has 1 fully saturated rings. The van der Waals surface area contributed by atoms with Gasteiger partial charge in [-0.15, -0.1) is 0 Å². The Morgan fingerprint density at radius 1 is 1.53 bits per heavy atom. The monoisotopic (exact) mass is 281 g/mol. The molecule has 0 spiro atoms. The van der Waals surface area contributed by atoms with Crippen LogP contribution in [-0.2, 0) is 9.59 Å². The molecule has 1 saturated heterocycles. The smallest absolute Gasteiger partial charge is 0.238 e. The van der Waals surface area contributed by atoms with Crippen molar-refractivity contribution in [3.63, 3.8) is 0 Å². The zero-order valence-corrected chi connectivity index (χ0v) is 11.5. The lowest BCUT2D eigenvalue weighted by atomic mass is 10.2. The number of amides is 2. The van der Waals surface area contributed by atoms with Crippen LogP contribution in [0.5, 0.6) is 0 Å². The molecule has 0 aliphatic carbocycles. The minimum absolute atomic E-state index is 0.0435. The fraction of sp³-hybridized carbons (Fsp3) is 0.385. The average Bonchev–Trinajstić information content (AvgIpc) is 2.34. The maximum absolute atomic E-state index is 11.9. The highest BCUT2D eigenvalue weighted by molar-refractivity contribution is 6.31. The van der Waals surface area contributed by atoms with Gasteiger partial charge < -0.3 is 10.6 Å². The number of hydrogen-bond donors (Lipinski definition) is 2. The molecule has 0 saturated carbocycles. The zero-order valence-electron chi connectivity index (χ0n) is 10.7. The van der Waals surface area contributed by atoms with Crippen molar-refractivity contribution in [3.05, 3.63) is 28.8 Å². The molecule has 102 valence electrons. The molecule has 0 radical (unpaired) electrons. The standard InChI is InChI=1S/C13H16ClN3O2/c1-9-2-3-10(14)6-11(9)16-13(19)8-17-5-4-15-12(18)7-17/h2-3,6H,4-5,7-8H2,1H3,(H,15,18)(H,16,19). The molecule has 1 heterocycles. The summed E-state index contributed by atoms with van der Waals surface area (Å²) in [5, 5.41) is 6.12. The molecule has 19 heavy (non-hydrogen) atoms. The van der Waals surface area contributed by atoms with E-state index in [0.717, 1.165) is 5.56 Å². The van der Waals surface area contributed by atoms with Gasteiger partial charge in [-0.05, 0) is 24.6 Å². The van der Waals surface area contributed by atoms with E-state index in [9.17, 15) is 9.59 Å². The molecular formula is C13H16ClN3O2. The summed E-state index contributed by atoms with van der Waals surface area (Å²) in [5.41, 5.74) is 1.66. The second kappa shape index (κ2) is 6.04. The van der Waals surface area contributed by atoms with Gasteiger partial charge in [0.15, 0.2) is 0 Å². The van der Waals surface area contributed by atoms with Gasteiger partial charge in [-0.3, -0.25) is 14.5 Å². The summed E-state index contributed by atoms with van der Waals surface area (Å²) in [6, 6.07) is 5.35. The van der Waals surface area contributed by atoms with Crippen molar-refractivity contribution in [1.82, 2.24) is 10.2 Å². The van der Waals surface area contributed by atoms with E-state index in [1.807, 2.05) is 17.9 Å². The predicted octanol–water partition coefficient (Wildman–Crippen LogP) is 1.02. The van der Waals surface area contributed by atoms with E-state index in [0.29, 0.717) is 23.8 Å². The quantitative estimate of drug-likeness (QED) is 0.870. The third-order valence-electron chi connectivity index (χ3n) is 2.96. The van der Waals surface area contributed by atoms with Crippen LogP contribution >= 0.6 is 11.6 Å². The minimum atomic E-state index is -0.139. The number of carbonyl (C=O) groups is 2. The molecule has 2 amide bonds. The van der Waals surface area contributed by atoms with Crippen molar-refractivity contribution in [2.24, 2.45) is 0 Å². The van der Waals surface area contributed by atoms with Crippen LogP contribution in [0.1, 0.15) is 5.56 Å². The highest BCUT2D eigenvalue weighted by Gasteiger charge is 2.18. The van der Waals surface area contributed by atoms with Crippen LogP contribution in [0.2, 0.25) is 5.02 Å². The van der Waals surface area contributed by atoms with Crippen molar-refractivity contribution in [1.29, 1.82) is 0 Å². The third-order valence-corrected chi connectivity index (χ3v) is 3.19. The van der Waals surface area contributed by atoms with E-state index in [-0.39, 0.29) is 24.9 Å². The Balaban J connectivity index is 1.93. The summed E-state index contributed by atoms with van der Waals surface area (Å²) in [4.78, 5) is 24.9. The molecule has 1 aromatic rings. The predicted molar refractivity (Wildman–Crippen MR) is 74.3 cm³/mol. The SMILES string of the molecule is Cc1ccc(Cl)cc1NC(=O)CN1CCNC(=O)C1. The van der Waals surface area contributed by atoms with Gasteiger partial charge in [-0.1, -0.05) is 17.7 Å². The molecule has 0 unspecified atom stereocenters. The maximum atomic E-state index is 11.9. The van der Waals surface area contributed by atoms with Crippen molar-refractivity contribution >= 4 is 29.1 Å². The zero-order chi connectivity index (χ0) is 13.8. The van der Waals surface area contributed by atoms with Crippen LogP contribution in [0.15, 0.2) is 18.2 Å². The molecule has 5 nitrogen and oxygen atoms in total. The highest BCUT2D eigenvalue weighted by Crippen LogP contribution is 2.20. The van der Waals surface area contributed by atoms with E-state index in [1.165, 1.54) is 0 Å². The number of hydrogen-bond acceptors (Lipinski definition) is 3. The highest BCUT2D eigenvalue weighted by atomic mass is 35.5. The van der Waals surface area contributed by atoms with Gasteiger partial charge in [0, 0.05) is 23.8 Å². The second-order valence-corrected chi connectivity index (χ2v) is 5.00. The molecular weight excluding hydrogens is 266 g/mol. The van der Waals surface area contributed by atoms with Gasteiger partial charge in [0.1, 0.15) is 0 Å². The first-order valence-electron chi connectivity index (χ1n) is 6.09. The van der Waals surface area contributed by atoms with E-state index < -0.39 is 0 Å². The first-order valence-corrected chi connectivity index (χ1v) is 6.47. The lowest BCUT2D eigenvalue weighted by Gasteiger charge is -2.25. The van der Waals surface area contributed by atoms with Crippen molar-refractivity contribution < 1.29 is 9.59 Å². The lowest BCUT2D eigenvalue weighted by Crippen LogP contribution is -2.49. The first kappa shape index (κ1) is 13.8. The van der Waals surface area contributed by atoms with Crippen LogP contribution < -0.4 is 10.6 Å². The number of benzene rings is 1. The molecule has 2 rings (SSSR count). The molecule has 0 bridgehead atoms. The maximum Gasteiger partial charge on any atom is 0.238 e. The van der Waals surface area contributed by atoms with E-state index >= 15 is 0 Å². The van der Waals surface area contributed by atoms with E-state index in [2.05, 4.69) is 10.6 Å². The number of rotatable bonds is 3. The number of nitrogens with one attached hydrogen (secondary N) is 2. The van der Waals surface area contributed by atoms with Crippen LogP contribution in [0.3, 0.4) is 0 Å². The van der Waals surface area contributed by atoms with Gasteiger partial charge >= 0.3 is 0 Å². The summed E-state index contributed by atoms with van der Waals surface area (Å²) in [6.45, 7) is 3.65. The molecule has 2 N–H and O–H groups in total. The number of anilines is 1. The summed E-state index contributed by atoms with van der Waals surface area (Å²) in [7, 11) is 0. The Morgan fingerprint density at radius 2 is 2.32 bits per heavy atom. The van der Waals surface area contributed by atoms with Gasteiger partial charge in [0.05, 0.1) is 13.1 Å². The fourth-order valence-corrected chi connectivity index (χ4v) is 2.12. The Hall–Kier alpha value is -1.59. The molecule has 0 atom stereocenters. The summed E-state index contributed by atoms with van der Waals surface area (Å²) < 4.78 is 0. The topological polar surface area (TPSA) is 61.4 Å². The summed E-state index contributed by atoms with van der Waals surface area (Å²) in [6.07, 6.45) is 0. The normalized spacial score (nSPS) is 16.0. The van der Waals surface area contributed by atoms with E-state index in [4.69, 9.17) is 11.6 Å². The molecule has 6 heteroatoms. The van der Waals surface area contributed by atoms with Gasteiger partial charge in [-0.2, -0.15) is 0 Å². The van der Waals surface area contributed by atoms with Crippen molar-refractivity contribution in [2.75, 3.05) is 31.5 Å². The Kier molecular flexibility index (Phi) is 4.39. The van der Waals surface area contributed by atoms with Crippen molar-refractivity contribution in [2.45, 2.75) is 6.92 Å². The van der Waals surface area contributed by atoms with Gasteiger partial charge in [-0.25, -0.2) is 0 Å². The number of halogens is 1.